The number of aromatic hydroxyl groups is 1. The second-order valence-corrected chi connectivity index (χ2v) is 5.13. The molecule has 0 spiro atoms. The van der Waals surface area contributed by atoms with Crippen molar-refractivity contribution in [2.24, 2.45) is 0 Å². The molecule has 0 saturated carbocycles. The van der Waals surface area contributed by atoms with E-state index in [0.29, 0.717) is 3.97 Å². The van der Waals surface area contributed by atoms with Crippen LogP contribution in [0, 0.1) is 0 Å². The molecule has 0 saturated heterocycles. The molecular weight excluding hydrogens is 242 g/mol. The maximum absolute atomic E-state index is 12.1. The van der Waals surface area contributed by atoms with Gasteiger partial charge in [0.25, 0.3) is 10.0 Å². The van der Waals surface area contributed by atoms with Crippen LogP contribution < -0.4 is 5.56 Å². The number of rotatable bonds is 2. The lowest BCUT2D eigenvalue weighted by Gasteiger charge is -2.07. The van der Waals surface area contributed by atoms with Crippen molar-refractivity contribution in [1.29, 1.82) is 0 Å². The van der Waals surface area contributed by atoms with E-state index >= 15 is 0 Å². The van der Waals surface area contributed by atoms with Gasteiger partial charge in [0.2, 0.25) is 0 Å². The number of benzene rings is 1. The Morgan fingerprint density at radius 3 is 2.29 bits per heavy atom. The van der Waals surface area contributed by atoms with E-state index in [-0.39, 0.29) is 4.90 Å². The number of pyridine rings is 1. The van der Waals surface area contributed by atoms with E-state index in [9.17, 15) is 18.3 Å². The van der Waals surface area contributed by atoms with Crippen LogP contribution in [0.2, 0.25) is 0 Å². The van der Waals surface area contributed by atoms with Gasteiger partial charge in [-0.3, -0.25) is 4.79 Å². The smallest absolute Gasteiger partial charge is 0.306 e. The third kappa shape index (κ3) is 1.94. The van der Waals surface area contributed by atoms with Crippen molar-refractivity contribution >= 4 is 10.0 Å². The number of hydrogen-bond donors (Lipinski definition) is 1. The zero-order valence-corrected chi connectivity index (χ0v) is 9.46. The summed E-state index contributed by atoms with van der Waals surface area (Å²) in [5.41, 5.74) is -0.962. The van der Waals surface area contributed by atoms with Crippen molar-refractivity contribution in [3.05, 3.63) is 59.0 Å². The third-order valence-corrected chi connectivity index (χ3v) is 3.87. The van der Waals surface area contributed by atoms with Gasteiger partial charge in [-0.05, 0) is 24.3 Å². The molecule has 0 aliphatic heterocycles. The lowest BCUT2D eigenvalue weighted by molar-refractivity contribution is 0.464. The van der Waals surface area contributed by atoms with Gasteiger partial charge in [0.1, 0.15) is 0 Å². The molecule has 2 aromatic rings. The van der Waals surface area contributed by atoms with Crippen molar-refractivity contribution in [1.82, 2.24) is 3.97 Å². The fraction of sp³-hybridized carbons (Fsp3) is 0. The summed E-state index contributed by atoms with van der Waals surface area (Å²) in [6.07, 6.45) is 1.10. The summed E-state index contributed by atoms with van der Waals surface area (Å²) in [6.45, 7) is 0. The predicted molar refractivity (Wildman–Crippen MR) is 61.4 cm³/mol. The van der Waals surface area contributed by atoms with E-state index in [0.717, 1.165) is 12.3 Å². The van der Waals surface area contributed by atoms with Gasteiger partial charge in [0.15, 0.2) is 5.75 Å². The quantitative estimate of drug-likeness (QED) is 0.856. The van der Waals surface area contributed by atoms with Gasteiger partial charge in [-0.2, -0.15) is 0 Å². The van der Waals surface area contributed by atoms with Gasteiger partial charge >= 0.3 is 5.56 Å². The summed E-state index contributed by atoms with van der Waals surface area (Å²) < 4.78 is 24.6. The topological polar surface area (TPSA) is 76.4 Å². The summed E-state index contributed by atoms with van der Waals surface area (Å²) in [5, 5.41) is 9.21. The number of nitrogens with zero attached hydrogens (tertiary/aromatic N) is 1. The van der Waals surface area contributed by atoms with E-state index in [1.807, 2.05) is 0 Å². The Kier molecular flexibility index (Phi) is 2.72. The van der Waals surface area contributed by atoms with E-state index in [1.54, 1.807) is 18.2 Å². The molecular formula is C11H9NO4S. The molecule has 17 heavy (non-hydrogen) atoms. The molecule has 0 aliphatic carbocycles. The van der Waals surface area contributed by atoms with Gasteiger partial charge in [0, 0.05) is 6.20 Å². The molecule has 6 heteroatoms. The Balaban J connectivity index is 2.70. The molecule has 0 aliphatic rings. The van der Waals surface area contributed by atoms with E-state index in [4.69, 9.17) is 0 Å². The first-order valence-corrected chi connectivity index (χ1v) is 6.19. The van der Waals surface area contributed by atoms with E-state index in [2.05, 4.69) is 0 Å². The SMILES string of the molecule is O=c1c(O)cccn1S(=O)(=O)c1ccccc1. The molecule has 1 heterocycles. The lowest BCUT2D eigenvalue weighted by atomic mass is 10.4. The Morgan fingerprint density at radius 1 is 1.00 bits per heavy atom. The largest absolute Gasteiger partial charge is 0.503 e. The number of hydrogen-bond acceptors (Lipinski definition) is 4. The molecule has 0 bridgehead atoms. The van der Waals surface area contributed by atoms with Crippen LogP contribution in [0.25, 0.3) is 0 Å². The fourth-order valence-electron chi connectivity index (χ4n) is 1.36. The van der Waals surface area contributed by atoms with Crippen molar-refractivity contribution in [2.45, 2.75) is 4.90 Å². The molecule has 1 aromatic heterocycles. The zero-order chi connectivity index (χ0) is 12.5. The number of aromatic nitrogens is 1. The Labute approximate surface area is 97.6 Å². The predicted octanol–water partition coefficient (Wildman–Crippen LogP) is 0.791. The highest BCUT2D eigenvalue weighted by Gasteiger charge is 2.18. The highest BCUT2D eigenvalue weighted by molar-refractivity contribution is 7.90. The minimum Gasteiger partial charge on any atom is -0.503 e. The first kappa shape index (κ1) is 11.4. The minimum atomic E-state index is -3.95. The van der Waals surface area contributed by atoms with Gasteiger partial charge in [-0.25, -0.2) is 12.4 Å². The normalized spacial score (nSPS) is 11.3. The molecule has 0 fully saturated rings. The standard InChI is InChI=1S/C11H9NO4S/c13-10-7-4-8-12(11(10)14)17(15,16)9-5-2-1-3-6-9/h1-8,13H. The summed E-state index contributed by atoms with van der Waals surface area (Å²) in [5.74, 6) is -0.605. The van der Waals surface area contributed by atoms with Gasteiger partial charge < -0.3 is 5.11 Å². The van der Waals surface area contributed by atoms with Crippen molar-refractivity contribution in [3.8, 4) is 5.75 Å². The highest BCUT2D eigenvalue weighted by atomic mass is 32.2. The lowest BCUT2D eigenvalue weighted by Crippen LogP contribution is -2.26. The minimum absolute atomic E-state index is 0.00676. The summed E-state index contributed by atoms with van der Waals surface area (Å²) in [4.78, 5) is 11.5. The first-order chi connectivity index (χ1) is 8.03. The molecule has 0 atom stereocenters. The van der Waals surface area contributed by atoms with Crippen molar-refractivity contribution in [2.75, 3.05) is 0 Å². The Morgan fingerprint density at radius 2 is 1.65 bits per heavy atom. The Bertz CT molecular complexity index is 689. The molecule has 1 N–H and O–H groups in total. The van der Waals surface area contributed by atoms with Crippen LogP contribution in [0.5, 0.6) is 5.75 Å². The van der Waals surface area contributed by atoms with Crippen LogP contribution in [-0.2, 0) is 10.0 Å². The van der Waals surface area contributed by atoms with Gasteiger partial charge in [0.05, 0.1) is 4.90 Å². The third-order valence-electron chi connectivity index (χ3n) is 2.19. The van der Waals surface area contributed by atoms with Crippen LogP contribution in [0.3, 0.4) is 0 Å². The second kappa shape index (κ2) is 4.06. The molecule has 1 aromatic carbocycles. The van der Waals surface area contributed by atoms with Gasteiger partial charge in [-0.15, -0.1) is 0 Å². The highest BCUT2D eigenvalue weighted by Crippen LogP contribution is 2.12. The molecule has 0 amide bonds. The first-order valence-electron chi connectivity index (χ1n) is 4.75. The second-order valence-electron chi connectivity index (χ2n) is 3.31. The van der Waals surface area contributed by atoms with E-state index < -0.39 is 21.3 Å². The average molecular weight is 251 g/mol. The summed E-state index contributed by atoms with van der Waals surface area (Å²) in [7, 11) is -3.95. The van der Waals surface area contributed by atoms with Crippen LogP contribution in [-0.4, -0.2) is 17.5 Å². The van der Waals surface area contributed by atoms with Crippen LogP contribution in [0.4, 0.5) is 0 Å². The van der Waals surface area contributed by atoms with Crippen LogP contribution in [0.1, 0.15) is 0 Å². The summed E-state index contributed by atoms with van der Waals surface area (Å²) in [6, 6.07) is 9.97. The zero-order valence-electron chi connectivity index (χ0n) is 8.65. The van der Waals surface area contributed by atoms with Crippen molar-refractivity contribution < 1.29 is 13.5 Å². The van der Waals surface area contributed by atoms with Crippen molar-refractivity contribution in [3.63, 3.8) is 0 Å². The maximum atomic E-state index is 12.1. The molecule has 0 radical (unpaired) electrons. The van der Waals surface area contributed by atoms with Gasteiger partial charge in [-0.1, -0.05) is 18.2 Å². The maximum Gasteiger partial charge on any atom is 0.306 e. The van der Waals surface area contributed by atoms with Crippen LogP contribution in [0.15, 0.2) is 58.4 Å². The molecule has 88 valence electrons. The average Bonchev–Trinajstić information content (AvgIpc) is 2.33. The summed E-state index contributed by atoms with van der Waals surface area (Å²) >= 11 is 0. The fourth-order valence-corrected chi connectivity index (χ4v) is 2.63. The molecule has 2 rings (SSSR count). The Hall–Kier alpha value is -2.08. The monoisotopic (exact) mass is 251 g/mol. The molecule has 0 unspecified atom stereocenters. The van der Waals surface area contributed by atoms with E-state index in [1.165, 1.54) is 18.2 Å². The van der Waals surface area contributed by atoms with Crippen LogP contribution >= 0.6 is 0 Å². The molecule has 5 nitrogen and oxygen atoms in total.